The molecule has 0 aliphatic rings. The maximum atomic E-state index is 12.2. The molecule has 2 N–H and O–H groups in total. The minimum Gasteiger partial charge on any atom is -0.479 e. The van der Waals surface area contributed by atoms with Crippen molar-refractivity contribution < 1.29 is 33.4 Å². The quantitative estimate of drug-likeness (QED) is 0.625. The maximum Gasteiger partial charge on any atom is 0.387 e. The molecule has 1 aromatic rings. The zero-order chi connectivity index (χ0) is 14.7. The minimum atomic E-state index is -3.25. The third kappa shape index (κ3) is 3.35. The summed E-state index contributed by atoms with van der Waals surface area (Å²) < 4.78 is 28.5. The van der Waals surface area contributed by atoms with Crippen molar-refractivity contribution in [2.45, 2.75) is 19.6 Å². The van der Waals surface area contributed by atoms with Gasteiger partial charge in [0.1, 0.15) is 5.75 Å². The molecule has 0 amide bonds. The van der Waals surface area contributed by atoms with Gasteiger partial charge < -0.3 is 14.9 Å². The van der Waals surface area contributed by atoms with Crippen molar-refractivity contribution >= 4 is 11.7 Å². The monoisotopic (exact) mass is 277 g/mol. The van der Waals surface area contributed by atoms with Crippen LogP contribution in [0.4, 0.5) is 14.5 Å². The van der Waals surface area contributed by atoms with Gasteiger partial charge in [0.25, 0.3) is 5.69 Å². The largest absolute Gasteiger partial charge is 0.479 e. The van der Waals surface area contributed by atoms with E-state index in [0.717, 1.165) is 6.07 Å². The van der Waals surface area contributed by atoms with E-state index >= 15 is 0 Å². The van der Waals surface area contributed by atoms with Crippen LogP contribution in [0.15, 0.2) is 12.1 Å². The third-order valence-corrected chi connectivity index (χ3v) is 2.23. The van der Waals surface area contributed by atoms with Gasteiger partial charge in [0.05, 0.1) is 4.92 Å². The summed E-state index contributed by atoms with van der Waals surface area (Å²) in [5.41, 5.74) is -1.21. The van der Waals surface area contributed by atoms with Crippen LogP contribution >= 0.6 is 0 Å². The number of alkyl halides is 2. The molecule has 104 valence electrons. The average Bonchev–Trinajstić information content (AvgIpc) is 2.29. The van der Waals surface area contributed by atoms with Crippen molar-refractivity contribution in [1.29, 1.82) is 0 Å². The number of nitro benzene ring substituents is 1. The summed E-state index contributed by atoms with van der Waals surface area (Å²) in [6.07, 6.45) is -2.20. The molecule has 0 saturated carbocycles. The molecule has 1 unspecified atom stereocenters. The summed E-state index contributed by atoms with van der Waals surface area (Å²) in [6.45, 7) is -2.03. The van der Waals surface area contributed by atoms with E-state index in [1.54, 1.807) is 0 Å². The Kier molecular flexibility index (Phi) is 4.33. The normalized spacial score (nSPS) is 12.3. The molecule has 0 aromatic heterocycles. The molecule has 7 nitrogen and oxygen atoms in total. The van der Waals surface area contributed by atoms with Crippen molar-refractivity contribution in [3.63, 3.8) is 0 Å². The zero-order valence-corrected chi connectivity index (χ0v) is 9.54. The van der Waals surface area contributed by atoms with Crippen molar-refractivity contribution in [3.8, 4) is 5.75 Å². The Labute approximate surface area is 105 Å². The SMILES string of the molecule is Cc1cc([N+](=O)[O-])cc(C(O)C(=O)O)c1OC(F)F. The number of carboxylic acid groups (broad SMARTS) is 1. The lowest BCUT2D eigenvalue weighted by Crippen LogP contribution is -2.15. The number of carboxylic acids is 1. The smallest absolute Gasteiger partial charge is 0.387 e. The number of nitro groups is 1. The number of ether oxygens (including phenoxy) is 1. The Morgan fingerprint density at radius 1 is 1.47 bits per heavy atom. The van der Waals surface area contributed by atoms with Crippen molar-refractivity contribution in [2.24, 2.45) is 0 Å². The van der Waals surface area contributed by atoms with Gasteiger partial charge in [0, 0.05) is 17.7 Å². The number of aliphatic hydroxyl groups is 1. The number of benzene rings is 1. The van der Waals surface area contributed by atoms with Gasteiger partial charge in [-0.05, 0) is 12.5 Å². The highest BCUT2D eigenvalue weighted by Gasteiger charge is 2.26. The molecule has 1 aromatic carbocycles. The predicted octanol–water partition coefficient (Wildman–Crippen LogP) is 1.62. The van der Waals surface area contributed by atoms with Crippen LogP contribution in [-0.2, 0) is 4.79 Å². The number of rotatable bonds is 5. The van der Waals surface area contributed by atoms with Gasteiger partial charge >= 0.3 is 12.6 Å². The number of nitrogens with zero attached hydrogens (tertiary/aromatic N) is 1. The van der Waals surface area contributed by atoms with Crippen molar-refractivity contribution in [3.05, 3.63) is 33.4 Å². The van der Waals surface area contributed by atoms with Gasteiger partial charge in [-0.3, -0.25) is 10.1 Å². The number of aliphatic hydroxyl groups excluding tert-OH is 1. The van der Waals surface area contributed by atoms with Crippen LogP contribution in [0.3, 0.4) is 0 Å². The number of aryl methyl sites for hydroxylation is 1. The Morgan fingerprint density at radius 2 is 2.05 bits per heavy atom. The Bertz CT molecular complexity index is 519. The fraction of sp³-hybridized carbons (Fsp3) is 0.300. The maximum absolute atomic E-state index is 12.2. The van der Waals surface area contributed by atoms with E-state index < -0.39 is 40.6 Å². The van der Waals surface area contributed by atoms with Gasteiger partial charge in [-0.25, -0.2) is 4.79 Å². The lowest BCUT2D eigenvalue weighted by Gasteiger charge is -2.15. The van der Waals surface area contributed by atoms with Crippen LogP contribution in [-0.4, -0.2) is 27.7 Å². The number of hydrogen-bond donors (Lipinski definition) is 2. The number of non-ortho nitro benzene ring substituents is 1. The van der Waals surface area contributed by atoms with Crippen molar-refractivity contribution in [1.82, 2.24) is 0 Å². The number of aliphatic carboxylic acids is 1. The summed E-state index contributed by atoms with van der Waals surface area (Å²) in [6, 6.07) is 1.62. The summed E-state index contributed by atoms with van der Waals surface area (Å²) in [4.78, 5) is 20.5. The first-order chi connectivity index (χ1) is 8.73. The lowest BCUT2D eigenvalue weighted by molar-refractivity contribution is -0.385. The van der Waals surface area contributed by atoms with Crippen LogP contribution in [0.1, 0.15) is 17.2 Å². The molecule has 1 atom stereocenters. The Hall–Kier alpha value is -2.29. The topological polar surface area (TPSA) is 110 Å². The van der Waals surface area contributed by atoms with Crippen LogP contribution in [0.2, 0.25) is 0 Å². The molecule has 0 aliphatic carbocycles. The van der Waals surface area contributed by atoms with Crippen molar-refractivity contribution in [2.75, 3.05) is 0 Å². The molecule has 0 spiro atoms. The van der Waals surface area contributed by atoms with Crippen LogP contribution in [0, 0.1) is 17.0 Å². The minimum absolute atomic E-state index is 0.0789. The van der Waals surface area contributed by atoms with Gasteiger partial charge in [-0.1, -0.05) is 0 Å². The van der Waals surface area contributed by atoms with E-state index in [2.05, 4.69) is 4.74 Å². The molecule has 0 fully saturated rings. The fourth-order valence-corrected chi connectivity index (χ4v) is 1.47. The molecule has 9 heteroatoms. The van der Waals surface area contributed by atoms with Gasteiger partial charge in [0.2, 0.25) is 0 Å². The highest BCUT2D eigenvalue weighted by molar-refractivity contribution is 5.76. The van der Waals surface area contributed by atoms with Gasteiger partial charge in [-0.15, -0.1) is 0 Å². The first-order valence-corrected chi connectivity index (χ1v) is 4.88. The van der Waals surface area contributed by atoms with E-state index in [0.29, 0.717) is 6.07 Å². The fourth-order valence-electron chi connectivity index (χ4n) is 1.47. The summed E-state index contributed by atoms with van der Waals surface area (Å²) in [7, 11) is 0. The Morgan fingerprint density at radius 3 is 2.47 bits per heavy atom. The van der Waals surface area contributed by atoms with Gasteiger partial charge in [-0.2, -0.15) is 8.78 Å². The lowest BCUT2D eigenvalue weighted by atomic mass is 10.0. The highest BCUT2D eigenvalue weighted by Crippen LogP contribution is 2.34. The molecule has 0 heterocycles. The first-order valence-electron chi connectivity index (χ1n) is 4.88. The van der Waals surface area contributed by atoms with Gasteiger partial charge in [0.15, 0.2) is 6.10 Å². The average molecular weight is 277 g/mol. The molecule has 1 rings (SSSR count). The number of hydrogen-bond acceptors (Lipinski definition) is 5. The second-order valence-corrected chi connectivity index (χ2v) is 3.56. The Balaban J connectivity index is 3.43. The molecule has 0 radical (unpaired) electrons. The standard InChI is InChI=1S/C10H9F2NO6/c1-4-2-5(13(17)18)3-6(7(14)9(15)16)8(4)19-10(11)12/h2-3,7,10,14H,1H3,(H,15,16). The van der Waals surface area contributed by atoms with E-state index in [-0.39, 0.29) is 5.56 Å². The van der Waals surface area contributed by atoms with Crippen LogP contribution in [0.5, 0.6) is 5.75 Å². The summed E-state index contributed by atoms with van der Waals surface area (Å²) >= 11 is 0. The second kappa shape index (κ2) is 5.57. The highest BCUT2D eigenvalue weighted by atomic mass is 19.3. The first kappa shape index (κ1) is 14.8. The molecule has 0 saturated heterocycles. The van der Waals surface area contributed by atoms with Crippen LogP contribution in [0.25, 0.3) is 0 Å². The summed E-state index contributed by atoms with van der Waals surface area (Å²) in [5, 5.41) is 28.6. The molecule has 0 bridgehead atoms. The van der Waals surface area contributed by atoms with Crippen LogP contribution < -0.4 is 4.74 Å². The zero-order valence-electron chi connectivity index (χ0n) is 9.54. The second-order valence-electron chi connectivity index (χ2n) is 3.56. The molecule has 0 aliphatic heterocycles. The number of carbonyl (C=O) groups is 1. The summed E-state index contributed by atoms with van der Waals surface area (Å²) in [5.74, 6) is -2.32. The van der Waals surface area contributed by atoms with E-state index in [9.17, 15) is 28.8 Å². The number of halogens is 2. The molecular weight excluding hydrogens is 268 g/mol. The van der Waals surface area contributed by atoms with E-state index in [4.69, 9.17) is 5.11 Å². The van der Waals surface area contributed by atoms with E-state index in [1.807, 2.05) is 0 Å². The predicted molar refractivity (Wildman–Crippen MR) is 57.1 cm³/mol. The molecular formula is C10H9F2NO6. The van der Waals surface area contributed by atoms with E-state index in [1.165, 1.54) is 6.92 Å². The third-order valence-electron chi connectivity index (χ3n) is 2.23. The molecule has 19 heavy (non-hydrogen) atoms.